The van der Waals surface area contributed by atoms with Crippen LogP contribution >= 0.6 is 11.6 Å². The van der Waals surface area contributed by atoms with Gasteiger partial charge in [-0.15, -0.1) is 0 Å². The van der Waals surface area contributed by atoms with Crippen LogP contribution in [0.2, 0.25) is 5.02 Å². The molecule has 1 atom stereocenters. The number of amides is 1. The number of benzene rings is 2. The first-order valence-electron chi connectivity index (χ1n) is 11.4. The Balaban J connectivity index is 0.000000304. The number of ether oxygens (including phenoxy) is 1. The van der Waals surface area contributed by atoms with Gasteiger partial charge in [0.1, 0.15) is 0 Å². The highest BCUT2D eigenvalue weighted by Gasteiger charge is 2.26. The SMILES string of the molecule is CC.Cc1cc(Cl)cc2c1CN(C)CC2c1cccc(N(C)C)c1.O=CN1CCOCC1. The average molecular weight is 460 g/mol. The zero-order chi connectivity index (χ0) is 23.7. The number of morpholine rings is 1. The molecule has 0 spiro atoms. The van der Waals surface area contributed by atoms with Crippen LogP contribution in [0, 0.1) is 6.92 Å². The van der Waals surface area contributed by atoms with Crippen molar-refractivity contribution in [2.45, 2.75) is 33.2 Å². The second-order valence-corrected chi connectivity index (χ2v) is 8.72. The van der Waals surface area contributed by atoms with Crippen LogP contribution in [-0.2, 0) is 16.1 Å². The van der Waals surface area contributed by atoms with Gasteiger partial charge in [-0.25, -0.2) is 0 Å². The normalized spacial score (nSPS) is 17.8. The van der Waals surface area contributed by atoms with Crippen LogP contribution in [0.25, 0.3) is 0 Å². The molecule has 2 aromatic carbocycles. The molecule has 1 fully saturated rings. The quantitative estimate of drug-likeness (QED) is 0.618. The molecule has 2 aromatic rings. The van der Waals surface area contributed by atoms with Gasteiger partial charge in [0.05, 0.1) is 13.2 Å². The van der Waals surface area contributed by atoms with E-state index in [0.29, 0.717) is 19.1 Å². The number of likely N-dealkylation sites (N-methyl/N-ethyl adjacent to an activating group) is 1. The van der Waals surface area contributed by atoms with Gasteiger partial charge in [-0.1, -0.05) is 37.6 Å². The number of hydrogen-bond donors (Lipinski definition) is 0. The molecule has 6 heteroatoms. The van der Waals surface area contributed by atoms with Crippen molar-refractivity contribution in [1.29, 1.82) is 0 Å². The van der Waals surface area contributed by atoms with E-state index in [0.717, 1.165) is 37.6 Å². The Hall–Kier alpha value is -2.08. The number of aryl methyl sites for hydroxylation is 1. The van der Waals surface area contributed by atoms with E-state index in [2.05, 4.69) is 74.3 Å². The lowest BCUT2D eigenvalue weighted by Gasteiger charge is -2.34. The lowest BCUT2D eigenvalue weighted by Crippen LogP contribution is -2.34. The third-order valence-corrected chi connectivity index (χ3v) is 5.97. The summed E-state index contributed by atoms with van der Waals surface area (Å²) in [5, 5.41) is 0.842. The molecule has 0 aliphatic carbocycles. The van der Waals surface area contributed by atoms with Gasteiger partial charge in [0.15, 0.2) is 0 Å². The first-order valence-corrected chi connectivity index (χ1v) is 11.8. The summed E-state index contributed by atoms with van der Waals surface area (Å²) in [6.07, 6.45) is 0.864. The second-order valence-electron chi connectivity index (χ2n) is 8.28. The molecule has 4 rings (SSSR count). The molecule has 2 aliphatic rings. The molecule has 1 unspecified atom stereocenters. The minimum absolute atomic E-state index is 0.381. The van der Waals surface area contributed by atoms with Crippen molar-refractivity contribution in [2.24, 2.45) is 0 Å². The molecule has 0 radical (unpaired) electrons. The van der Waals surface area contributed by atoms with E-state index < -0.39 is 0 Å². The highest BCUT2D eigenvalue weighted by molar-refractivity contribution is 6.30. The molecule has 32 heavy (non-hydrogen) atoms. The molecule has 0 bridgehead atoms. The molecule has 176 valence electrons. The minimum Gasteiger partial charge on any atom is -0.378 e. The van der Waals surface area contributed by atoms with Crippen molar-refractivity contribution in [3.8, 4) is 0 Å². The van der Waals surface area contributed by atoms with E-state index >= 15 is 0 Å². The number of hydrogen-bond acceptors (Lipinski definition) is 4. The fourth-order valence-electron chi connectivity index (χ4n) is 4.06. The van der Waals surface area contributed by atoms with E-state index in [9.17, 15) is 4.79 Å². The first kappa shape index (κ1) is 26.2. The van der Waals surface area contributed by atoms with Crippen LogP contribution in [0.4, 0.5) is 5.69 Å². The summed E-state index contributed by atoms with van der Waals surface area (Å²) >= 11 is 6.33. The number of carbonyl (C=O) groups excluding carboxylic acids is 1. The van der Waals surface area contributed by atoms with Crippen molar-refractivity contribution < 1.29 is 9.53 Å². The van der Waals surface area contributed by atoms with Crippen LogP contribution < -0.4 is 4.90 Å². The molecule has 0 N–H and O–H groups in total. The highest BCUT2D eigenvalue weighted by Crippen LogP contribution is 2.37. The number of nitrogens with zero attached hydrogens (tertiary/aromatic N) is 3. The fourth-order valence-corrected chi connectivity index (χ4v) is 4.34. The summed E-state index contributed by atoms with van der Waals surface area (Å²) in [5.74, 6) is 0.381. The summed E-state index contributed by atoms with van der Waals surface area (Å²) in [5.41, 5.74) is 6.71. The summed E-state index contributed by atoms with van der Waals surface area (Å²) in [7, 11) is 6.36. The highest BCUT2D eigenvalue weighted by atomic mass is 35.5. The van der Waals surface area contributed by atoms with Crippen molar-refractivity contribution in [3.05, 3.63) is 63.7 Å². The smallest absolute Gasteiger partial charge is 0.209 e. The Bertz CT molecular complexity index is 866. The monoisotopic (exact) mass is 459 g/mol. The van der Waals surface area contributed by atoms with Crippen molar-refractivity contribution in [1.82, 2.24) is 9.80 Å². The second kappa shape index (κ2) is 12.8. The molecule has 0 aromatic heterocycles. The van der Waals surface area contributed by atoms with E-state index in [1.807, 2.05) is 13.8 Å². The minimum atomic E-state index is 0.381. The van der Waals surface area contributed by atoms with Gasteiger partial charge < -0.3 is 19.4 Å². The molecule has 5 nitrogen and oxygen atoms in total. The Morgan fingerprint density at radius 1 is 1.12 bits per heavy atom. The first-order chi connectivity index (χ1) is 15.4. The maximum atomic E-state index is 10.0. The molecular formula is C26H38ClN3O2. The van der Waals surface area contributed by atoms with Crippen LogP contribution in [0.1, 0.15) is 42.0 Å². The van der Waals surface area contributed by atoms with Crippen molar-refractivity contribution in [2.75, 3.05) is 58.9 Å². The van der Waals surface area contributed by atoms with Gasteiger partial charge in [0.25, 0.3) is 0 Å². The summed E-state index contributed by atoms with van der Waals surface area (Å²) < 4.78 is 5.00. The predicted octanol–water partition coefficient (Wildman–Crippen LogP) is 4.79. The zero-order valence-corrected chi connectivity index (χ0v) is 21.2. The number of rotatable bonds is 3. The number of carbonyl (C=O) groups is 1. The van der Waals surface area contributed by atoms with Crippen LogP contribution in [0.15, 0.2) is 36.4 Å². The molecule has 2 aliphatic heterocycles. The van der Waals surface area contributed by atoms with Gasteiger partial charge in [0.2, 0.25) is 6.41 Å². The maximum absolute atomic E-state index is 10.0. The largest absolute Gasteiger partial charge is 0.378 e. The van der Waals surface area contributed by atoms with E-state index in [-0.39, 0.29) is 0 Å². The van der Waals surface area contributed by atoms with Crippen molar-refractivity contribution in [3.63, 3.8) is 0 Å². The Morgan fingerprint density at radius 2 is 1.81 bits per heavy atom. The van der Waals surface area contributed by atoms with Gasteiger partial charge in [-0.3, -0.25) is 4.79 Å². The fraction of sp³-hybridized carbons (Fsp3) is 0.500. The van der Waals surface area contributed by atoms with E-state index in [1.54, 1.807) is 4.90 Å². The molecule has 2 heterocycles. The Labute approximate surface area is 198 Å². The third-order valence-electron chi connectivity index (χ3n) is 5.75. The number of anilines is 1. The lowest BCUT2D eigenvalue weighted by atomic mass is 9.83. The van der Waals surface area contributed by atoms with Gasteiger partial charge in [-0.05, 0) is 60.5 Å². The zero-order valence-electron chi connectivity index (χ0n) is 20.4. The lowest BCUT2D eigenvalue weighted by molar-refractivity contribution is -0.121. The van der Waals surface area contributed by atoms with E-state index in [4.69, 9.17) is 16.3 Å². The third kappa shape index (κ3) is 6.96. The van der Waals surface area contributed by atoms with Gasteiger partial charge >= 0.3 is 0 Å². The number of halogens is 1. The van der Waals surface area contributed by atoms with Crippen LogP contribution in [-0.4, -0.2) is 70.2 Å². The maximum Gasteiger partial charge on any atom is 0.209 e. The van der Waals surface area contributed by atoms with E-state index in [1.165, 1.54) is 27.9 Å². The predicted molar refractivity (Wildman–Crippen MR) is 135 cm³/mol. The van der Waals surface area contributed by atoms with Crippen LogP contribution in [0.3, 0.4) is 0 Å². The standard InChI is InChI=1S/C19H23ClN2.C5H9NO2.C2H6/c1-13-8-15(20)10-17-18(13)11-22(4)12-19(17)14-6-5-7-16(9-14)21(2)3;7-5-6-1-3-8-4-2-6;1-2/h5-10,19H,11-12H2,1-4H3;5H,1-4H2;1-2H3. The summed E-state index contributed by atoms with van der Waals surface area (Å²) in [6.45, 7) is 11.1. The Kier molecular flexibility index (Phi) is 10.5. The molecule has 1 amide bonds. The molecule has 1 saturated heterocycles. The van der Waals surface area contributed by atoms with Gasteiger partial charge in [0, 0.05) is 56.9 Å². The summed E-state index contributed by atoms with van der Waals surface area (Å²) in [6, 6.07) is 13.1. The van der Waals surface area contributed by atoms with Crippen LogP contribution in [0.5, 0.6) is 0 Å². The summed E-state index contributed by atoms with van der Waals surface area (Å²) in [4.78, 5) is 16.3. The molecule has 0 saturated carbocycles. The molecular weight excluding hydrogens is 422 g/mol. The number of fused-ring (bicyclic) bond motifs is 1. The average Bonchev–Trinajstić information content (AvgIpc) is 2.81. The topological polar surface area (TPSA) is 36.0 Å². The van der Waals surface area contributed by atoms with Crippen molar-refractivity contribution >= 4 is 23.7 Å². The Morgan fingerprint density at radius 3 is 2.41 bits per heavy atom. The van der Waals surface area contributed by atoms with Gasteiger partial charge in [-0.2, -0.15) is 0 Å².